The van der Waals surface area contributed by atoms with Gasteiger partial charge >= 0.3 is 0 Å². The van der Waals surface area contributed by atoms with Crippen molar-refractivity contribution in [1.29, 1.82) is 0 Å². The molecule has 0 saturated heterocycles. The third-order valence-corrected chi connectivity index (χ3v) is 4.71. The van der Waals surface area contributed by atoms with E-state index in [1.807, 2.05) is 13.8 Å². The molecular weight excluding hydrogens is 373 g/mol. The molecule has 10 heteroatoms. The smallest absolute Gasteiger partial charge is 0.295 e. The van der Waals surface area contributed by atoms with Crippen molar-refractivity contribution in [2.24, 2.45) is 0 Å². The van der Waals surface area contributed by atoms with Crippen molar-refractivity contribution in [2.75, 3.05) is 4.72 Å². The van der Waals surface area contributed by atoms with Gasteiger partial charge in [0, 0.05) is 5.92 Å². The van der Waals surface area contributed by atoms with Crippen LogP contribution in [-0.4, -0.2) is 18.6 Å². The summed E-state index contributed by atoms with van der Waals surface area (Å²) in [6.45, 7) is 3.76. The largest absolute Gasteiger partial charge is 0.438 e. The molecule has 0 aliphatic heterocycles. The van der Waals surface area contributed by atoms with Gasteiger partial charge in [0.2, 0.25) is 11.0 Å². The summed E-state index contributed by atoms with van der Waals surface area (Å²) in [5.41, 5.74) is 0.101. The highest BCUT2D eigenvalue weighted by molar-refractivity contribution is 7.92. The summed E-state index contributed by atoms with van der Waals surface area (Å²) in [7, 11) is -4.03. The van der Waals surface area contributed by atoms with Crippen LogP contribution in [0.5, 0.6) is 0 Å². The van der Waals surface area contributed by atoms with Crippen LogP contribution in [0.25, 0.3) is 11.7 Å². The van der Waals surface area contributed by atoms with E-state index in [9.17, 15) is 12.8 Å². The van der Waals surface area contributed by atoms with Crippen LogP contribution in [0.15, 0.2) is 44.3 Å². The van der Waals surface area contributed by atoms with Crippen molar-refractivity contribution in [1.82, 2.24) is 10.2 Å². The van der Waals surface area contributed by atoms with Gasteiger partial charge in [0.15, 0.2) is 5.76 Å². The number of hydrogen-bond donors (Lipinski definition) is 1. The van der Waals surface area contributed by atoms with Crippen LogP contribution in [0.2, 0.25) is 5.02 Å². The van der Waals surface area contributed by atoms with Gasteiger partial charge in [0.05, 0.1) is 10.7 Å². The highest BCUT2D eigenvalue weighted by atomic mass is 35.5. The molecular formula is C15H13ClFN3O4S. The maximum atomic E-state index is 13.2. The van der Waals surface area contributed by atoms with E-state index < -0.39 is 15.8 Å². The highest BCUT2D eigenvalue weighted by Crippen LogP contribution is 2.27. The number of halogens is 2. The maximum absolute atomic E-state index is 13.2. The second-order valence-electron chi connectivity index (χ2n) is 5.45. The zero-order valence-corrected chi connectivity index (χ0v) is 14.7. The zero-order valence-electron chi connectivity index (χ0n) is 13.2. The Morgan fingerprint density at radius 1 is 1.16 bits per heavy atom. The van der Waals surface area contributed by atoms with E-state index in [4.69, 9.17) is 20.4 Å². The number of nitrogens with zero attached hydrogens (tertiary/aromatic N) is 2. The van der Waals surface area contributed by atoms with Gasteiger partial charge in [0.1, 0.15) is 5.82 Å². The van der Waals surface area contributed by atoms with Gasteiger partial charge < -0.3 is 8.83 Å². The first-order chi connectivity index (χ1) is 11.8. The molecule has 1 N–H and O–H groups in total. The Kier molecular flexibility index (Phi) is 4.53. The molecule has 0 saturated carbocycles. The average Bonchev–Trinajstić information content (AvgIpc) is 3.19. The van der Waals surface area contributed by atoms with Crippen LogP contribution in [0, 0.1) is 5.82 Å². The van der Waals surface area contributed by atoms with Crippen molar-refractivity contribution in [3.8, 4) is 11.7 Å². The van der Waals surface area contributed by atoms with E-state index in [1.165, 1.54) is 18.2 Å². The van der Waals surface area contributed by atoms with Crippen LogP contribution in [0.1, 0.15) is 25.7 Å². The van der Waals surface area contributed by atoms with Gasteiger partial charge in [-0.25, -0.2) is 4.39 Å². The summed E-state index contributed by atoms with van der Waals surface area (Å²) in [5.74, 6) is -0.00617. The van der Waals surface area contributed by atoms with Crippen molar-refractivity contribution in [3.63, 3.8) is 0 Å². The summed E-state index contributed by atoms with van der Waals surface area (Å²) in [6.07, 6.45) is 0. The Labute approximate surface area is 147 Å². The zero-order chi connectivity index (χ0) is 18.2. The molecule has 25 heavy (non-hydrogen) atoms. The summed E-state index contributed by atoms with van der Waals surface area (Å²) in [6, 6.07) is 6.12. The quantitative estimate of drug-likeness (QED) is 0.711. The van der Waals surface area contributed by atoms with Crippen molar-refractivity contribution in [3.05, 3.63) is 47.1 Å². The van der Waals surface area contributed by atoms with E-state index in [2.05, 4.69) is 14.9 Å². The molecule has 0 radical (unpaired) electrons. The molecule has 3 aromatic rings. The Bertz CT molecular complexity index is 1010. The van der Waals surface area contributed by atoms with Crippen molar-refractivity contribution >= 4 is 27.3 Å². The lowest BCUT2D eigenvalue weighted by atomic mass is 10.2. The number of hydrogen-bond acceptors (Lipinski definition) is 6. The fourth-order valence-corrected chi connectivity index (χ4v) is 3.08. The topological polar surface area (TPSA) is 98.2 Å². The molecule has 0 fully saturated rings. The third kappa shape index (κ3) is 3.67. The summed E-state index contributed by atoms with van der Waals surface area (Å²) in [4.78, 5) is 0. The normalized spacial score (nSPS) is 11.9. The molecule has 0 unspecified atom stereocenters. The standard InChI is InChI=1S/C15H13ClFN3O4S/c1-8(2)14-18-19-15(24-14)12-5-6-13(23-12)25(21,22)20-9-3-4-11(17)10(16)7-9/h3-8,20H,1-2H3. The molecule has 2 aromatic heterocycles. The number of aromatic nitrogens is 2. The van der Waals surface area contributed by atoms with Crippen LogP contribution in [0.4, 0.5) is 10.1 Å². The summed E-state index contributed by atoms with van der Waals surface area (Å²) in [5, 5.41) is 7.13. The average molecular weight is 386 g/mol. The Morgan fingerprint density at radius 2 is 1.92 bits per heavy atom. The minimum Gasteiger partial charge on any atom is -0.438 e. The number of furan rings is 1. The van der Waals surface area contributed by atoms with Gasteiger partial charge in [-0.05, 0) is 30.3 Å². The van der Waals surface area contributed by atoms with Crippen molar-refractivity contribution in [2.45, 2.75) is 24.9 Å². The molecule has 1 aromatic carbocycles. The maximum Gasteiger partial charge on any atom is 0.295 e. The van der Waals surface area contributed by atoms with E-state index in [0.717, 1.165) is 12.1 Å². The second-order valence-corrected chi connectivity index (χ2v) is 7.47. The number of sulfonamides is 1. The molecule has 0 amide bonds. The lowest BCUT2D eigenvalue weighted by Gasteiger charge is -2.06. The molecule has 0 bridgehead atoms. The molecule has 0 aliphatic rings. The lowest BCUT2D eigenvalue weighted by Crippen LogP contribution is -2.12. The predicted octanol–water partition coefficient (Wildman–Crippen LogP) is 4.05. The van der Waals surface area contributed by atoms with E-state index in [-0.39, 0.29) is 33.4 Å². The molecule has 3 rings (SSSR count). The SMILES string of the molecule is CC(C)c1nnc(-c2ccc(S(=O)(=O)Nc3ccc(F)c(Cl)c3)o2)o1. The first-order valence-corrected chi connectivity index (χ1v) is 9.04. The number of rotatable bonds is 5. The molecule has 0 atom stereocenters. The Hall–Kier alpha value is -2.39. The van der Waals surface area contributed by atoms with Crippen LogP contribution < -0.4 is 4.72 Å². The first kappa shape index (κ1) is 17.4. The Morgan fingerprint density at radius 3 is 2.56 bits per heavy atom. The monoisotopic (exact) mass is 385 g/mol. The number of benzene rings is 1. The van der Waals surface area contributed by atoms with Crippen LogP contribution >= 0.6 is 11.6 Å². The number of nitrogens with one attached hydrogen (secondary N) is 1. The van der Waals surface area contributed by atoms with Crippen LogP contribution in [-0.2, 0) is 10.0 Å². The predicted molar refractivity (Wildman–Crippen MR) is 88.3 cm³/mol. The Balaban J connectivity index is 1.85. The molecule has 0 aliphatic carbocycles. The highest BCUT2D eigenvalue weighted by Gasteiger charge is 2.22. The van der Waals surface area contributed by atoms with Gasteiger partial charge in [-0.2, -0.15) is 8.42 Å². The van der Waals surface area contributed by atoms with E-state index in [0.29, 0.717) is 5.89 Å². The second kappa shape index (κ2) is 6.49. The number of anilines is 1. The first-order valence-electron chi connectivity index (χ1n) is 7.18. The minimum absolute atomic E-state index is 0.0318. The van der Waals surface area contributed by atoms with Crippen molar-refractivity contribution < 1.29 is 21.6 Å². The fraction of sp³-hybridized carbons (Fsp3) is 0.200. The van der Waals surface area contributed by atoms with E-state index in [1.54, 1.807) is 0 Å². The molecule has 7 nitrogen and oxygen atoms in total. The molecule has 132 valence electrons. The fourth-order valence-electron chi connectivity index (χ4n) is 1.91. The summed E-state index contributed by atoms with van der Waals surface area (Å²) < 4.78 is 50.8. The van der Waals surface area contributed by atoms with Crippen LogP contribution in [0.3, 0.4) is 0 Å². The third-order valence-electron chi connectivity index (χ3n) is 3.16. The van der Waals surface area contributed by atoms with Gasteiger partial charge in [-0.3, -0.25) is 4.72 Å². The molecule has 0 spiro atoms. The summed E-state index contributed by atoms with van der Waals surface area (Å²) >= 11 is 5.64. The van der Waals surface area contributed by atoms with E-state index >= 15 is 0 Å². The lowest BCUT2D eigenvalue weighted by molar-refractivity contribution is 0.429. The van der Waals surface area contributed by atoms with Gasteiger partial charge in [-0.1, -0.05) is 25.4 Å². The van der Waals surface area contributed by atoms with Gasteiger partial charge in [-0.15, -0.1) is 10.2 Å². The van der Waals surface area contributed by atoms with Gasteiger partial charge in [0.25, 0.3) is 15.9 Å². The minimum atomic E-state index is -4.03. The molecule has 2 heterocycles.